The Labute approximate surface area is 198 Å². The molecule has 0 bridgehead atoms. The number of thiazole rings is 1. The van der Waals surface area contributed by atoms with Gasteiger partial charge in [-0.05, 0) is 43.9 Å². The van der Waals surface area contributed by atoms with Crippen LogP contribution in [-0.4, -0.2) is 39.8 Å². The van der Waals surface area contributed by atoms with E-state index in [9.17, 15) is 4.79 Å². The summed E-state index contributed by atoms with van der Waals surface area (Å²) in [4.78, 5) is 20.2. The van der Waals surface area contributed by atoms with Crippen LogP contribution < -0.4 is 10.2 Å². The van der Waals surface area contributed by atoms with Crippen LogP contribution in [0.25, 0.3) is 16.0 Å². The topological polar surface area (TPSA) is 63.1 Å². The molecule has 2 aromatic carbocycles. The summed E-state index contributed by atoms with van der Waals surface area (Å²) in [5.74, 6) is 0.0538. The van der Waals surface area contributed by atoms with Crippen molar-refractivity contribution in [2.75, 3.05) is 18.0 Å². The molecule has 1 unspecified atom stereocenters. The van der Waals surface area contributed by atoms with E-state index in [1.807, 2.05) is 60.1 Å². The molecule has 0 spiro atoms. The number of aromatic nitrogens is 3. The van der Waals surface area contributed by atoms with E-state index in [4.69, 9.17) is 10.1 Å². The molecule has 1 aliphatic heterocycles. The Hall–Kier alpha value is -3.19. The summed E-state index contributed by atoms with van der Waals surface area (Å²) in [6.07, 6.45) is 2.66. The van der Waals surface area contributed by atoms with E-state index in [0.29, 0.717) is 0 Å². The van der Waals surface area contributed by atoms with Gasteiger partial charge in [0.1, 0.15) is 0 Å². The number of nitrogens with one attached hydrogen (secondary N) is 1. The van der Waals surface area contributed by atoms with Crippen molar-refractivity contribution in [3.05, 3.63) is 71.9 Å². The number of carbonyl (C=O) groups is 1. The van der Waals surface area contributed by atoms with Gasteiger partial charge in [0.2, 0.25) is 5.91 Å². The second-order valence-corrected chi connectivity index (χ2v) is 9.60. The molecule has 0 saturated carbocycles. The molecule has 7 heteroatoms. The Morgan fingerprint density at radius 1 is 1.09 bits per heavy atom. The highest BCUT2D eigenvalue weighted by Crippen LogP contribution is 2.33. The Bertz CT molecular complexity index is 1230. The first kappa shape index (κ1) is 21.6. The third-order valence-corrected chi connectivity index (χ3v) is 7.63. The number of fused-ring (bicyclic) bond motifs is 1. The largest absolute Gasteiger partial charge is 0.353 e. The minimum atomic E-state index is -0.0857. The molecule has 1 fully saturated rings. The minimum Gasteiger partial charge on any atom is -0.353 e. The molecule has 0 radical (unpaired) electrons. The fraction of sp³-hybridized carbons (Fsp3) is 0.346. The van der Waals surface area contributed by atoms with Crippen molar-refractivity contribution < 1.29 is 4.79 Å². The Morgan fingerprint density at radius 3 is 2.42 bits per heavy atom. The van der Waals surface area contributed by atoms with Gasteiger partial charge in [-0.3, -0.25) is 4.79 Å². The maximum absolute atomic E-state index is 12.9. The molecule has 1 N–H and O–H groups in total. The van der Waals surface area contributed by atoms with Crippen LogP contribution in [0.2, 0.25) is 0 Å². The smallest absolute Gasteiger partial charge is 0.227 e. The van der Waals surface area contributed by atoms with Crippen molar-refractivity contribution in [1.82, 2.24) is 20.1 Å². The van der Waals surface area contributed by atoms with Gasteiger partial charge in [0.25, 0.3) is 0 Å². The SMILES string of the molecule is CCC(C(=O)NC1CCN(c2nc3c(s2)c(C)nn3-c2ccccc2)CC1)c1ccccc1. The molecule has 0 aliphatic carbocycles. The minimum absolute atomic E-state index is 0.0857. The Balaban J connectivity index is 1.25. The fourth-order valence-corrected chi connectivity index (χ4v) is 5.62. The number of nitrogens with zero attached hydrogens (tertiary/aromatic N) is 4. The van der Waals surface area contributed by atoms with Crippen LogP contribution in [-0.2, 0) is 4.79 Å². The maximum Gasteiger partial charge on any atom is 0.227 e. The molecule has 2 aromatic heterocycles. The van der Waals surface area contributed by atoms with Crippen LogP contribution in [0, 0.1) is 6.92 Å². The summed E-state index contributed by atoms with van der Waals surface area (Å²) in [7, 11) is 0. The summed E-state index contributed by atoms with van der Waals surface area (Å²) in [6.45, 7) is 5.90. The van der Waals surface area contributed by atoms with Crippen LogP contribution in [0.15, 0.2) is 60.7 Å². The van der Waals surface area contributed by atoms with Gasteiger partial charge in [-0.15, -0.1) is 0 Å². The van der Waals surface area contributed by atoms with E-state index in [0.717, 1.165) is 64.8 Å². The quantitative estimate of drug-likeness (QED) is 0.437. The predicted octanol–water partition coefficient (Wildman–Crippen LogP) is 5.07. The number of aryl methyl sites for hydroxylation is 1. The number of carbonyl (C=O) groups excluding carboxylic acids is 1. The molecule has 170 valence electrons. The first-order valence-electron chi connectivity index (χ1n) is 11.7. The van der Waals surface area contributed by atoms with Gasteiger partial charge in [-0.25, -0.2) is 4.68 Å². The van der Waals surface area contributed by atoms with Crippen LogP contribution in [0.5, 0.6) is 0 Å². The average molecular weight is 460 g/mol. The highest BCUT2D eigenvalue weighted by Gasteiger charge is 2.27. The summed E-state index contributed by atoms with van der Waals surface area (Å²) in [5, 5.41) is 9.04. The van der Waals surface area contributed by atoms with Crippen molar-refractivity contribution in [1.29, 1.82) is 0 Å². The molecular weight excluding hydrogens is 430 g/mol. The van der Waals surface area contributed by atoms with E-state index < -0.39 is 0 Å². The molecule has 4 aromatic rings. The lowest BCUT2D eigenvalue weighted by atomic mass is 9.94. The summed E-state index contributed by atoms with van der Waals surface area (Å²) in [5.41, 5.74) is 4.04. The lowest BCUT2D eigenvalue weighted by Crippen LogP contribution is -2.46. The van der Waals surface area contributed by atoms with Crippen molar-refractivity contribution in [3.63, 3.8) is 0 Å². The maximum atomic E-state index is 12.9. The zero-order valence-corrected chi connectivity index (χ0v) is 19.9. The molecular formula is C26H29N5OS. The van der Waals surface area contributed by atoms with Gasteiger partial charge in [0.15, 0.2) is 10.8 Å². The predicted molar refractivity (Wildman–Crippen MR) is 134 cm³/mol. The number of rotatable bonds is 6. The summed E-state index contributed by atoms with van der Waals surface area (Å²) in [6, 6.07) is 20.4. The van der Waals surface area contributed by atoms with Gasteiger partial charge >= 0.3 is 0 Å². The first-order valence-corrected chi connectivity index (χ1v) is 12.5. The fourth-order valence-electron chi connectivity index (χ4n) is 4.58. The molecule has 1 aliphatic rings. The number of amides is 1. The Kier molecular flexibility index (Phi) is 6.13. The average Bonchev–Trinajstić information content (AvgIpc) is 3.42. The zero-order chi connectivity index (χ0) is 22.8. The number of para-hydroxylation sites is 1. The van der Waals surface area contributed by atoms with Gasteiger partial charge < -0.3 is 10.2 Å². The van der Waals surface area contributed by atoms with Crippen molar-refractivity contribution in [2.45, 2.75) is 45.1 Å². The lowest BCUT2D eigenvalue weighted by molar-refractivity contribution is -0.123. The van der Waals surface area contributed by atoms with E-state index in [2.05, 4.69) is 29.3 Å². The lowest BCUT2D eigenvalue weighted by Gasteiger charge is -2.33. The number of hydrogen-bond donors (Lipinski definition) is 1. The molecule has 1 atom stereocenters. The van der Waals surface area contributed by atoms with E-state index >= 15 is 0 Å². The monoisotopic (exact) mass is 459 g/mol. The van der Waals surface area contributed by atoms with Crippen LogP contribution in [0.4, 0.5) is 5.13 Å². The highest BCUT2D eigenvalue weighted by molar-refractivity contribution is 7.22. The second-order valence-electron chi connectivity index (χ2n) is 8.62. The molecule has 3 heterocycles. The van der Waals surface area contributed by atoms with E-state index in [-0.39, 0.29) is 17.9 Å². The molecule has 6 nitrogen and oxygen atoms in total. The number of benzene rings is 2. The van der Waals surface area contributed by atoms with Crippen LogP contribution >= 0.6 is 11.3 Å². The van der Waals surface area contributed by atoms with Crippen LogP contribution in [0.1, 0.15) is 43.4 Å². The first-order chi connectivity index (χ1) is 16.1. The molecule has 1 saturated heterocycles. The van der Waals surface area contributed by atoms with Gasteiger partial charge in [-0.1, -0.05) is 66.8 Å². The number of piperidine rings is 1. The third kappa shape index (κ3) is 4.37. The summed E-state index contributed by atoms with van der Waals surface area (Å²) >= 11 is 1.71. The van der Waals surface area contributed by atoms with Crippen molar-refractivity contribution in [3.8, 4) is 5.69 Å². The van der Waals surface area contributed by atoms with E-state index in [1.54, 1.807) is 11.3 Å². The second kappa shape index (κ2) is 9.35. The molecule has 1 amide bonds. The van der Waals surface area contributed by atoms with Gasteiger partial charge in [0, 0.05) is 19.1 Å². The van der Waals surface area contributed by atoms with Crippen molar-refractivity contribution >= 4 is 32.7 Å². The Morgan fingerprint density at radius 2 is 1.76 bits per heavy atom. The number of anilines is 1. The van der Waals surface area contributed by atoms with Crippen LogP contribution in [0.3, 0.4) is 0 Å². The van der Waals surface area contributed by atoms with E-state index in [1.165, 1.54) is 0 Å². The molecule has 33 heavy (non-hydrogen) atoms. The zero-order valence-electron chi connectivity index (χ0n) is 19.1. The standard InChI is InChI=1S/C26H29N5OS/c1-3-22(19-10-6-4-7-11-19)25(32)27-20-14-16-30(17-15-20)26-28-24-23(33-26)18(2)29-31(24)21-12-8-5-9-13-21/h4-13,20,22H,3,14-17H2,1-2H3,(H,27,32). The third-order valence-electron chi connectivity index (χ3n) is 6.42. The highest BCUT2D eigenvalue weighted by atomic mass is 32.1. The molecule has 5 rings (SSSR count). The van der Waals surface area contributed by atoms with Gasteiger partial charge in [0.05, 0.1) is 22.0 Å². The van der Waals surface area contributed by atoms with Crippen molar-refractivity contribution in [2.24, 2.45) is 0 Å². The number of hydrogen-bond acceptors (Lipinski definition) is 5. The van der Waals surface area contributed by atoms with Gasteiger partial charge in [-0.2, -0.15) is 10.1 Å². The normalized spacial score (nSPS) is 15.6. The summed E-state index contributed by atoms with van der Waals surface area (Å²) < 4.78 is 3.07.